The van der Waals surface area contributed by atoms with E-state index < -0.39 is 6.10 Å². The summed E-state index contributed by atoms with van der Waals surface area (Å²) in [6.45, 7) is 6.44. The number of carbonyl (C=O) groups excluding carboxylic acids is 3. The number of rotatable bonds is 40. The number of esters is 3. The summed E-state index contributed by atoms with van der Waals surface area (Å²) in [6, 6.07) is 0. The molecule has 0 aromatic heterocycles. The van der Waals surface area contributed by atoms with Crippen LogP contribution in [0.25, 0.3) is 0 Å². The normalized spacial score (nSPS) is 12.7. The Balaban J connectivity index is 4.43. The summed E-state index contributed by atoms with van der Waals surface area (Å²) in [5, 5.41) is 0. The molecule has 0 aliphatic rings. The number of unbranched alkanes of at least 4 members (excludes halogenated alkanes) is 20. The van der Waals surface area contributed by atoms with Crippen molar-refractivity contribution < 1.29 is 28.6 Å². The molecule has 0 aromatic carbocycles. The number of allylic oxidation sites excluding steroid dienone is 12. The van der Waals surface area contributed by atoms with Gasteiger partial charge in [0, 0.05) is 19.3 Å². The van der Waals surface area contributed by atoms with Crippen LogP contribution in [0.15, 0.2) is 72.9 Å². The minimum Gasteiger partial charge on any atom is -0.462 e. The van der Waals surface area contributed by atoms with Gasteiger partial charge in [-0.25, -0.2) is 0 Å². The molecule has 6 nitrogen and oxygen atoms in total. The lowest BCUT2D eigenvalue weighted by Crippen LogP contribution is -2.30. The highest BCUT2D eigenvalue weighted by atomic mass is 16.6. The van der Waals surface area contributed by atoms with Crippen molar-refractivity contribution in [2.24, 2.45) is 0 Å². The van der Waals surface area contributed by atoms with Gasteiger partial charge in [0.15, 0.2) is 6.10 Å². The molecule has 0 aromatic rings. The van der Waals surface area contributed by atoms with Crippen LogP contribution in [-0.4, -0.2) is 37.2 Å². The second-order valence-corrected chi connectivity index (χ2v) is 15.0. The van der Waals surface area contributed by atoms with Crippen molar-refractivity contribution in [3.05, 3.63) is 72.9 Å². The first-order valence-corrected chi connectivity index (χ1v) is 23.0. The Morgan fingerprint density at radius 2 is 0.696 bits per heavy atom. The molecule has 0 aliphatic heterocycles. The van der Waals surface area contributed by atoms with Crippen LogP contribution in [0.4, 0.5) is 0 Å². The van der Waals surface area contributed by atoms with Gasteiger partial charge in [-0.3, -0.25) is 14.4 Å². The molecule has 0 aliphatic carbocycles. The Morgan fingerprint density at radius 1 is 0.357 bits per heavy atom. The van der Waals surface area contributed by atoms with Crippen LogP contribution >= 0.6 is 0 Å². The summed E-state index contributed by atoms with van der Waals surface area (Å²) < 4.78 is 16.6. The van der Waals surface area contributed by atoms with Gasteiger partial charge in [-0.1, -0.05) is 177 Å². The summed E-state index contributed by atoms with van der Waals surface area (Å²) >= 11 is 0. The van der Waals surface area contributed by atoms with E-state index in [-0.39, 0.29) is 37.5 Å². The van der Waals surface area contributed by atoms with Crippen LogP contribution in [0.2, 0.25) is 0 Å². The predicted octanol–water partition coefficient (Wildman–Crippen LogP) is 14.7. The van der Waals surface area contributed by atoms with Crippen molar-refractivity contribution >= 4 is 17.9 Å². The summed E-state index contributed by atoms with van der Waals surface area (Å²) in [6.07, 6.45) is 54.7. The molecule has 0 saturated carbocycles. The number of ether oxygens (including phenoxy) is 3. The lowest BCUT2D eigenvalue weighted by atomic mass is 10.1. The summed E-state index contributed by atoms with van der Waals surface area (Å²) in [5.41, 5.74) is 0. The molecule has 320 valence electrons. The van der Waals surface area contributed by atoms with Crippen LogP contribution in [0.5, 0.6) is 0 Å². The van der Waals surface area contributed by atoms with E-state index in [2.05, 4.69) is 93.7 Å². The van der Waals surface area contributed by atoms with E-state index in [0.717, 1.165) is 89.9 Å². The van der Waals surface area contributed by atoms with Crippen LogP contribution in [0, 0.1) is 0 Å². The second kappa shape index (κ2) is 44.6. The van der Waals surface area contributed by atoms with Crippen molar-refractivity contribution in [3.8, 4) is 0 Å². The van der Waals surface area contributed by atoms with Gasteiger partial charge < -0.3 is 14.2 Å². The zero-order chi connectivity index (χ0) is 40.8. The van der Waals surface area contributed by atoms with Gasteiger partial charge in [0.25, 0.3) is 0 Å². The molecule has 0 heterocycles. The maximum absolute atomic E-state index is 12.7. The Kier molecular flexibility index (Phi) is 42.1. The molecule has 0 N–H and O–H groups in total. The lowest BCUT2D eigenvalue weighted by Gasteiger charge is -2.18. The van der Waals surface area contributed by atoms with Gasteiger partial charge in [-0.05, 0) is 83.5 Å². The SMILES string of the molecule is CCCC/C=C\C=C/CCCCCC(=O)OC(COC(=O)CCC/C=C\CCCCCC)COC(=O)CCCCCCC\C=C/C=C\C=C/CCCCCCC. The zero-order valence-electron chi connectivity index (χ0n) is 36.4. The van der Waals surface area contributed by atoms with E-state index in [1.807, 2.05) is 0 Å². The molecular formula is C50H84O6. The highest BCUT2D eigenvalue weighted by molar-refractivity contribution is 5.71. The highest BCUT2D eigenvalue weighted by Crippen LogP contribution is 2.12. The fraction of sp³-hybridized carbons (Fsp3) is 0.700. The maximum atomic E-state index is 12.7. The fourth-order valence-corrected chi connectivity index (χ4v) is 5.95. The first-order chi connectivity index (χ1) is 27.5. The molecule has 56 heavy (non-hydrogen) atoms. The van der Waals surface area contributed by atoms with Crippen molar-refractivity contribution in [3.63, 3.8) is 0 Å². The Morgan fingerprint density at radius 3 is 1.21 bits per heavy atom. The largest absolute Gasteiger partial charge is 0.462 e. The standard InChI is InChI=1S/C50H84O6/c1-4-7-10-13-16-19-21-22-23-24-25-26-27-29-31-34-37-40-43-49(52)55-46-47(45-54-48(51)42-39-36-33-30-18-15-12-9-6-3)56-50(53)44-41-38-35-32-28-20-17-14-11-8-5-2/h14,17,20-26,28,30,33,47H,4-13,15-16,18-19,27,29,31-32,34-46H2,1-3H3/b17-14-,22-21-,24-23-,26-25-,28-20-,33-30-. The second-order valence-electron chi connectivity index (χ2n) is 15.0. The smallest absolute Gasteiger partial charge is 0.306 e. The van der Waals surface area contributed by atoms with Crippen molar-refractivity contribution in [2.75, 3.05) is 13.2 Å². The average molecular weight is 781 g/mol. The summed E-state index contributed by atoms with van der Waals surface area (Å²) in [7, 11) is 0. The summed E-state index contributed by atoms with van der Waals surface area (Å²) in [4.78, 5) is 37.6. The minimum absolute atomic E-state index is 0.106. The highest BCUT2D eigenvalue weighted by Gasteiger charge is 2.19. The van der Waals surface area contributed by atoms with Gasteiger partial charge in [0.2, 0.25) is 0 Å². The Bertz CT molecular complexity index is 1080. The predicted molar refractivity (Wildman–Crippen MR) is 238 cm³/mol. The molecular weight excluding hydrogens is 697 g/mol. The molecule has 0 fully saturated rings. The van der Waals surface area contributed by atoms with Gasteiger partial charge in [-0.15, -0.1) is 0 Å². The monoisotopic (exact) mass is 781 g/mol. The molecule has 1 unspecified atom stereocenters. The van der Waals surface area contributed by atoms with Crippen molar-refractivity contribution in [1.29, 1.82) is 0 Å². The zero-order valence-corrected chi connectivity index (χ0v) is 36.4. The van der Waals surface area contributed by atoms with E-state index in [4.69, 9.17) is 14.2 Å². The van der Waals surface area contributed by atoms with Crippen LogP contribution < -0.4 is 0 Å². The first-order valence-electron chi connectivity index (χ1n) is 23.0. The van der Waals surface area contributed by atoms with E-state index in [9.17, 15) is 14.4 Å². The van der Waals surface area contributed by atoms with E-state index >= 15 is 0 Å². The Hall–Kier alpha value is -3.15. The third kappa shape index (κ3) is 42.0. The van der Waals surface area contributed by atoms with Crippen molar-refractivity contribution in [1.82, 2.24) is 0 Å². The Labute approximate surface area is 344 Å². The van der Waals surface area contributed by atoms with E-state index in [1.165, 1.54) is 70.6 Å². The molecule has 6 heteroatoms. The van der Waals surface area contributed by atoms with Crippen molar-refractivity contribution in [2.45, 2.75) is 213 Å². The first kappa shape index (κ1) is 52.9. The summed E-state index contributed by atoms with van der Waals surface area (Å²) in [5.74, 6) is -0.996. The molecule has 0 amide bonds. The molecule has 1 atom stereocenters. The van der Waals surface area contributed by atoms with Gasteiger partial charge in [0.05, 0.1) is 0 Å². The number of carbonyl (C=O) groups is 3. The molecule has 0 bridgehead atoms. The third-order valence-electron chi connectivity index (χ3n) is 9.49. The minimum atomic E-state index is -0.805. The molecule has 0 radical (unpaired) electrons. The third-order valence-corrected chi connectivity index (χ3v) is 9.49. The number of hydrogen-bond donors (Lipinski definition) is 0. The topological polar surface area (TPSA) is 78.9 Å². The van der Waals surface area contributed by atoms with E-state index in [0.29, 0.717) is 19.3 Å². The molecule has 0 saturated heterocycles. The average Bonchev–Trinajstić information content (AvgIpc) is 3.19. The van der Waals surface area contributed by atoms with Crippen LogP contribution in [0.3, 0.4) is 0 Å². The fourth-order valence-electron chi connectivity index (χ4n) is 5.95. The number of hydrogen-bond acceptors (Lipinski definition) is 6. The molecule has 0 spiro atoms. The van der Waals surface area contributed by atoms with E-state index in [1.54, 1.807) is 0 Å². The van der Waals surface area contributed by atoms with Crippen LogP contribution in [0.1, 0.15) is 207 Å². The van der Waals surface area contributed by atoms with Crippen LogP contribution in [-0.2, 0) is 28.6 Å². The maximum Gasteiger partial charge on any atom is 0.306 e. The molecule has 0 rings (SSSR count). The lowest BCUT2D eigenvalue weighted by molar-refractivity contribution is -0.167. The van der Waals surface area contributed by atoms with Gasteiger partial charge >= 0.3 is 17.9 Å². The van der Waals surface area contributed by atoms with Gasteiger partial charge in [-0.2, -0.15) is 0 Å². The van der Waals surface area contributed by atoms with Gasteiger partial charge in [0.1, 0.15) is 13.2 Å². The quantitative estimate of drug-likeness (QED) is 0.0203.